The minimum atomic E-state index is -4.56. The number of nitrogens with one attached hydrogen (secondary N) is 1. The molecule has 0 bridgehead atoms. The number of nitrogens with zero attached hydrogens (tertiary/aromatic N) is 1. The fourth-order valence-electron chi connectivity index (χ4n) is 3.32. The highest BCUT2D eigenvalue weighted by atomic mass is 35.5. The number of aryl methyl sites for hydroxylation is 1. The summed E-state index contributed by atoms with van der Waals surface area (Å²) in [5.74, 6) is -0.343. The molecule has 4 rings (SSSR count). The Morgan fingerprint density at radius 3 is 2.42 bits per heavy atom. The maximum atomic E-state index is 13.3. The van der Waals surface area contributed by atoms with Gasteiger partial charge in [0.25, 0.3) is 5.91 Å². The first-order valence-electron chi connectivity index (χ1n) is 8.86. The number of hydrogen-bond donors (Lipinski definition) is 1. The van der Waals surface area contributed by atoms with Gasteiger partial charge in [0.15, 0.2) is 23.7 Å². The average molecular weight is 470 g/mol. The molecule has 1 N–H and O–H groups in total. The highest BCUT2D eigenvalue weighted by molar-refractivity contribution is 6.39. The molecule has 0 saturated carbocycles. The van der Waals surface area contributed by atoms with E-state index in [1.165, 1.54) is 25.3 Å². The number of anilines is 1. The molecule has 4 aromatic rings. The lowest BCUT2D eigenvalue weighted by molar-refractivity contribution is -0.671. The first kappa shape index (κ1) is 21.3. The molecular weight excluding hydrogens is 456 g/mol. The molecule has 2 heterocycles. The second-order valence-electron chi connectivity index (χ2n) is 6.78. The normalized spacial score (nSPS) is 11.8. The number of benzene rings is 2. The monoisotopic (exact) mass is 469 g/mol. The van der Waals surface area contributed by atoms with E-state index in [0.29, 0.717) is 0 Å². The number of amides is 1. The zero-order valence-electron chi connectivity index (χ0n) is 16.1. The molecule has 0 fully saturated rings. The van der Waals surface area contributed by atoms with Crippen LogP contribution in [-0.2, 0) is 13.2 Å². The van der Waals surface area contributed by atoms with Crippen LogP contribution in [-0.4, -0.2) is 13.0 Å². The minimum absolute atomic E-state index is 0.0780. The third-order valence-corrected chi connectivity index (χ3v) is 5.30. The number of alkyl halides is 3. The van der Waals surface area contributed by atoms with Crippen molar-refractivity contribution in [3.8, 4) is 5.75 Å². The second kappa shape index (κ2) is 7.62. The number of rotatable bonds is 3. The zero-order chi connectivity index (χ0) is 22.5. The highest BCUT2D eigenvalue weighted by Gasteiger charge is 2.32. The minimum Gasteiger partial charge on any atom is -0.493 e. The standard InChI is InChI=1S/C21H13Cl2F3N2O3/c1-28-8-13(22)18(14(23)9-28)27-20(29)11-4-6-16(30-2)19-17(11)12-7-10(21(24,25)26)3-5-15(12)31-19/h3-9H,1-2H3/p+1. The smallest absolute Gasteiger partial charge is 0.416 e. The van der Waals surface area contributed by atoms with Gasteiger partial charge in [-0.15, -0.1) is 0 Å². The number of aromatic nitrogens is 1. The van der Waals surface area contributed by atoms with Crippen molar-refractivity contribution in [3.63, 3.8) is 0 Å². The van der Waals surface area contributed by atoms with Crippen molar-refractivity contribution < 1.29 is 31.7 Å². The molecule has 5 nitrogen and oxygen atoms in total. The summed E-state index contributed by atoms with van der Waals surface area (Å²) in [7, 11) is 3.11. The molecule has 1 amide bonds. The van der Waals surface area contributed by atoms with Gasteiger partial charge in [0.2, 0.25) is 0 Å². The van der Waals surface area contributed by atoms with Crippen LogP contribution in [0.5, 0.6) is 5.75 Å². The van der Waals surface area contributed by atoms with Crippen LogP contribution in [0.3, 0.4) is 0 Å². The van der Waals surface area contributed by atoms with E-state index in [-0.39, 0.29) is 49.0 Å². The quantitative estimate of drug-likeness (QED) is 0.374. The van der Waals surface area contributed by atoms with Crippen molar-refractivity contribution in [2.45, 2.75) is 6.18 Å². The first-order valence-corrected chi connectivity index (χ1v) is 9.62. The van der Waals surface area contributed by atoms with Crippen molar-refractivity contribution in [2.24, 2.45) is 7.05 Å². The number of ether oxygens (including phenoxy) is 1. The fourth-order valence-corrected chi connectivity index (χ4v) is 3.98. The summed E-state index contributed by atoms with van der Waals surface area (Å²) >= 11 is 12.4. The second-order valence-corrected chi connectivity index (χ2v) is 7.59. The van der Waals surface area contributed by atoms with Crippen LogP contribution in [0.2, 0.25) is 10.0 Å². The fraction of sp³-hybridized carbons (Fsp3) is 0.143. The van der Waals surface area contributed by atoms with Crippen LogP contribution >= 0.6 is 23.2 Å². The predicted molar refractivity (Wildman–Crippen MR) is 111 cm³/mol. The van der Waals surface area contributed by atoms with Crippen molar-refractivity contribution in [2.75, 3.05) is 12.4 Å². The van der Waals surface area contributed by atoms with Crippen molar-refractivity contribution in [3.05, 3.63) is 63.9 Å². The SMILES string of the molecule is COc1ccc(C(=O)Nc2c(Cl)c[n+](C)cc2Cl)c2c1oc1ccc(C(F)(F)F)cc12. The Labute approximate surface area is 183 Å². The van der Waals surface area contributed by atoms with E-state index in [1.807, 2.05) is 0 Å². The molecule has 2 aromatic heterocycles. The van der Waals surface area contributed by atoms with Crippen LogP contribution in [0.15, 0.2) is 47.1 Å². The van der Waals surface area contributed by atoms with E-state index >= 15 is 0 Å². The molecule has 0 aliphatic rings. The number of hydrogen-bond acceptors (Lipinski definition) is 3. The van der Waals surface area contributed by atoms with Gasteiger partial charge in [-0.2, -0.15) is 13.2 Å². The number of halogens is 5. The number of fused-ring (bicyclic) bond motifs is 3. The maximum absolute atomic E-state index is 13.3. The zero-order valence-corrected chi connectivity index (χ0v) is 17.6. The Hall–Kier alpha value is -2.97. The lowest BCUT2D eigenvalue weighted by Crippen LogP contribution is -2.27. The summed E-state index contributed by atoms with van der Waals surface area (Å²) in [5.41, 5.74) is -0.266. The van der Waals surface area contributed by atoms with E-state index in [9.17, 15) is 18.0 Å². The topological polar surface area (TPSA) is 55.4 Å². The number of pyridine rings is 1. The highest BCUT2D eigenvalue weighted by Crippen LogP contribution is 2.40. The van der Waals surface area contributed by atoms with Gasteiger partial charge in [-0.1, -0.05) is 23.2 Å². The van der Waals surface area contributed by atoms with Gasteiger partial charge in [-0.3, -0.25) is 4.79 Å². The van der Waals surface area contributed by atoms with Crippen LogP contribution in [0, 0.1) is 0 Å². The number of carbonyl (C=O) groups excluding carboxylic acids is 1. The van der Waals surface area contributed by atoms with Crippen LogP contribution in [0.4, 0.5) is 18.9 Å². The van der Waals surface area contributed by atoms with Gasteiger partial charge in [0.1, 0.15) is 22.7 Å². The molecule has 0 saturated heterocycles. The Balaban J connectivity index is 1.92. The van der Waals surface area contributed by atoms with Crippen LogP contribution in [0.25, 0.3) is 21.9 Å². The van der Waals surface area contributed by atoms with Gasteiger partial charge in [-0.05, 0) is 30.3 Å². The van der Waals surface area contributed by atoms with Gasteiger partial charge in [-0.25, -0.2) is 4.57 Å². The lowest BCUT2D eigenvalue weighted by Gasteiger charge is -2.10. The summed E-state index contributed by atoms with van der Waals surface area (Å²) in [4.78, 5) is 13.1. The van der Waals surface area contributed by atoms with E-state index in [1.54, 1.807) is 24.0 Å². The van der Waals surface area contributed by atoms with Gasteiger partial charge >= 0.3 is 6.18 Å². The Morgan fingerprint density at radius 1 is 1.13 bits per heavy atom. The molecule has 0 atom stereocenters. The lowest BCUT2D eigenvalue weighted by atomic mass is 10.0. The number of methoxy groups -OCH3 is 1. The van der Waals surface area contributed by atoms with Gasteiger partial charge < -0.3 is 14.5 Å². The van der Waals surface area contributed by atoms with Gasteiger partial charge in [0, 0.05) is 10.8 Å². The van der Waals surface area contributed by atoms with Crippen molar-refractivity contribution in [1.29, 1.82) is 0 Å². The van der Waals surface area contributed by atoms with E-state index in [2.05, 4.69) is 5.32 Å². The average Bonchev–Trinajstić information content (AvgIpc) is 3.08. The first-order chi connectivity index (χ1) is 14.6. The van der Waals surface area contributed by atoms with E-state index < -0.39 is 17.6 Å². The largest absolute Gasteiger partial charge is 0.493 e. The molecule has 10 heteroatoms. The molecule has 2 aromatic carbocycles. The predicted octanol–water partition coefficient (Wildman–Crippen LogP) is 6.00. The number of furan rings is 1. The Kier molecular flexibility index (Phi) is 5.23. The molecule has 0 radical (unpaired) electrons. The summed E-state index contributed by atoms with van der Waals surface area (Å²) in [6, 6.07) is 6.01. The van der Waals surface area contributed by atoms with Crippen molar-refractivity contribution >= 4 is 56.7 Å². The summed E-state index contributed by atoms with van der Waals surface area (Å²) in [5, 5.41) is 3.34. The molecule has 0 spiro atoms. The Bertz CT molecular complexity index is 1330. The third-order valence-electron chi connectivity index (χ3n) is 4.72. The molecule has 0 unspecified atom stereocenters. The molecular formula is C21H14Cl2F3N2O3+. The molecule has 0 aliphatic carbocycles. The van der Waals surface area contributed by atoms with Crippen LogP contribution < -0.4 is 14.6 Å². The summed E-state index contributed by atoms with van der Waals surface area (Å²) in [6.45, 7) is 0. The summed E-state index contributed by atoms with van der Waals surface area (Å²) < 4.78 is 52.4. The van der Waals surface area contributed by atoms with Crippen LogP contribution in [0.1, 0.15) is 15.9 Å². The maximum Gasteiger partial charge on any atom is 0.416 e. The molecule has 31 heavy (non-hydrogen) atoms. The number of carbonyl (C=O) groups is 1. The third kappa shape index (κ3) is 3.77. The van der Waals surface area contributed by atoms with Crippen molar-refractivity contribution in [1.82, 2.24) is 0 Å². The molecule has 160 valence electrons. The van der Waals surface area contributed by atoms with E-state index in [4.69, 9.17) is 32.4 Å². The van der Waals surface area contributed by atoms with E-state index in [0.717, 1.165) is 12.1 Å². The Morgan fingerprint density at radius 2 is 1.81 bits per heavy atom. The van der Waals surface area contributed by atoms with Gasteiger partial charge in [0.05, 0.1) is 23.9 Å². The molecule has 0 aliphatic heterocycles. The summed E-state index contributed by atoms with van der Waals surface area (Å²) in [6.07, 6.45) is -1.45.